The molecule has 6 nitrogen and oxygen atoms in total. The van der Waals surface area contributed by atoms with E-state index in [1.54, 1.807) is 25.3 Å². The number of hydrogen-bond donors (Lipinski definition) is 0. The number of ether oxygens (including phenoxy) is 1. The fourth-order valence-corrected chi connectivity index (χ4v) is 4.42. The number of carbonyl (C=O) groups excluding carboxylic acids is 2. The first-order valence-corrected chi connectivity index (χ1v) is 11.2. The Morgan fingerprint density at radius 2 is 1.94 bits per heavy atom. The molecule has 0 spiro atoms. The van der Waals surface area contributed by atoms with Gasteiger partial charge in [-0.05, 0) is 61.5 Å². The molecule has 8 heteroatoms. The number of anilines is 1. The van der Waals surface area contributed by atoms with Crippen molar-refractivity contribution in [1.82, 2.24) is 9.97 Å². The highest BCUT2D eigenvalue weighted by molar-refractivity contribution is 7.13. The Bertz CT molecular complexity index is 1340. The molecule has 5 rings (SSSR count). The van der Waals surface area contributed by atoms with E-state index >= 15 is 0 Å². The summed E-state index contributed by atoms with van der Waals surface area (Å²) in [5.41, 5.74) is 3.14. The molecule has 0 bridgehead atoms. The third-order valence-corrected chi connectivity index (χ3v) is 6.18. The lowest BCUT2D eigenvalue weighted by molar-refractivity contribution is -0.125. The second-order valence-corrected chi connectivity index (χ2v) is 8.41. The maximum absolute atomic E-state index is 13.2. The van der Waals surface area contributed by atoms with Crippen molar-refractivity contribution in [3.05, 3.63) is 83.6 Å². The van der Waals surface area contributed by atoms with Gasteiger partial charge < -0.3 is 4.74 Å². The van der Waals surface area contributed by atoms with E-state index in [1.165, 1.54) is 40.5 Å². The minimum Gasteiger partial charge on any atom is -0.479 e. The molecule has 164 valence electrons. The normalized spacial score (nSPS) is 15.2. The van der Waals surface area contributed by atoms with Gasteiger partial charge in [-0.25, -0.2) is 9.37 Å². The third-order valence-electron chi connectivity index (χ3n) is 5.32. The van der Waals surface area contributed by atoms with Crippen molar-refractivity contribution in [2.75, 3.05) is 11.4 Å². The second-order valence-electron chi connectivity index (χ2n) is 7.55. The van der Waals surface area contributed by atoms with Gasteiger partial charge in [0, 0.05) is 22.7 Å². The standard InChI is InChI=1S/C25H18FN3O3S/c1-15-25(31)29(13-22(30)16-5-8-18(26)9-6-16)21-12-17(7-10-23(21)32-15)20-14-33-24(28-20)19-4-2-3-11-27-19/h2-12,14-15H,13H2,1H3. The molecule has 4 aromatic rings. The Morgan fingerprint density at radius 3 is 2.70 bits per heavy atom. The predicted molar refractivity (Wildman–Crippen MR) is 124 cm³/mol. The number of rotatable bonds is 5. The fraction of sp³-hybridized carbons (Fsp3) is 0.120. The minimum atomic E-state index is -0.723. The van der Waals surface area contributed by atoms with Gasteiger partial charge in [0.1, 0.15) is 16.6 Å². The first-order chi connectivity index (χ1) is 16.0. The molecule has 0 radical (unpaired) electrons. The number of pyridine rings is 1. The Balaban J connectivity index is 1.48. The SMILES string of the molecule is CC1Oc2ccc(-c3csc(-c4ccccn4)n3)cc2N(CC(=O)c2ccc(F)cc2)C1=O. The number of ketones is 1. The molecule has 0 N–H and O–H groups in total. The summed E-state index contributed by atoms with van der Waals surface area (Å²) < 4.78 is 19.0. The summed E-state index contributed by atoms with van der Waals surface area (Å²) in [4.78, 5) is 36.2. The van der Waals surface area contributed by atoms with Crippen molar-refractivity contribution in [1.29, 1.82) is 0 Å². The Kier molecular flexibility index (Phi) is 5.43. The van der Waals surface area contributed by atoms with Gasteiger partial charge in [-0.1, -0.05) is 6.07 Å². The number of benzene rings is 2. The third kappa shape index (κ3) is 4.12. The van der Waals surface area contributed by atoms with Crippen LogP contribution in [-0.4, -0.2) is 34.3 Å². The van der Waals surface area contributed by atoms with E-state index in [0.717, 1.165) is 22.0 Å². The van der Waals surface area contributed by atoms with Crippen molar-refractivity contribution in [3.8, 4) is 27.7 Å². The van der Waals surface area contributed by atoms with Crippen LogP contribution in [0, 0.1) is 5.82 Å². The minimum absolute atomic E-state index is 0.176. The number of halogens is 1. The van der Waals surface area contributed by atoms with Crippen molar-refractivity contribution in [2.45, 2.75) is 13.0 Å². The number of aromatic nitrogens is 2. The molecular formula is C25H18FN3O3S. The zero-order valence-electron chi connectivity index (χ0n) is 17.6. The summed E-state index contributed by atoms with van der Waals surface area (Å²) >= 11 is 1.48. The molecule has 33 heavy (non-hydrogen) atoms. The Hall–Kier alpha value is -3.91. The number of hydrogen-bond acceptors (Lipinski definition) is 6. The Morgan fingerprint density at radius 1 is 1.12 bits per heavy atom. The van der Waals surface area contributed by atoms with E-state index in [9.17, 15) is 14.0 Å². The van der Waals surface area contributed by atoms with Gasteiger partial charge in [-0.3, -0.25) is 19.5 Å². The van der Waals surface area contributed by atoms with Crippen molar-refractivity contribution in [3.63, 3.8) is 0 Å². The average molecular weight is 460 g/mol. The van der Waals surface area contributed by atoms with E-state index in [0.29, 0.717) is 17.0 Å². The molecule has 0 aliphatic carbocycles. The van der Waals surface area contributed by atoms with Crippen molar-refractivity contribution < 1.29 is 18.7 Å². The first-order valence-electron chi connectivity index (χ1n) is 10.3. The smallest absolute Gasteiger partial charge is 0.268 e. The van der Waals surface area contributed by atoms with Crippen LogP contribution in [0.2, 0.25) is 0 Å². The lowest BCUT2D eigenvalue weighted by Gasteiger charge is -2.33. The van der Waals surface area contributed by atoms with E-state index in [4.69, 9.17) is 4.74 Å². The molecule has 0 saturated heterocycles. The number of Topliss-reactive ketones (excluding diaryl/α,β-unsaturated/α-hetero) is 1. The highest BCUT2D eigenvalue weighted by Crippen LogP contribution is 2.38. The van der Waals surface area contributed by atoms with Gasteiger partial charge >= 0.3 is 0 Å². The van der Waals surface area contributed by atoms with E-state index in [-0.39, 0.29) is 18.2 Å². The van der Waals surface area contributed by atoms with Crippen LogP contribution in [0.5, 0.6) is 5.75 Å². The molecule has 0 saturated carbocycles. The summed E-state index contributed by atoms with van der Waals surface area (Å²) in [5, 5.41) is 2.71. The van der Waals surface area contributed by atoms with Gasteiger partial charge in [0.15, 0.2) is 11.9 Å². The van der Waals surface area contributed by atoms with Gasteiger partial charge in [-0.2, -0.15) is 0 Å². The highest BCUT2D eigenvalue weighted by Gasteiger charge is 2.33. The zero-order chi connectivity index (χ0) is 22.9. The summed E-state index contributed by atoms with van der Waals surface area (Å²) in [7, 11) is 0. The summed E-state index contributed by atoms with van der Waals surface area (Å²) in [6.45, 7) is 1.47. The number of amides is 1. The largest absolute Gasteiger partial charge is 0.479 e. The molecule has 2 aromatic heterocycles. The molecule has 1 aliphatic rings. The van der Waals surface area contributed by atoms with Crippen LogP contribution in [0.25, 0.3) is 22.0 Å². The molecular weight excluding hydrogens is 441 g/mol. The zero-order valence-corrected chi connectivity index (χ0v) is 18.4. The van der Waals surface area contributed by atoms with Crippen LogP contribution in [-0.2, 0) is 4.79 Å². The van der Waals surface area contributed by atoms with Crippen LogP contribution in [0.1, 0.15) is 17.3 Å². The maximum atomic E-state index is 13.2. The quantitative estimate of drug-likeness (QED) is 0.393. The molecule has 3 heterocycles. The Labute approximate surface area is 193 Å². The van der Waals surface area contributed by atoms with Crippen LogP contribution in [0.4, 0.5) is 10.1 Å². The first kappa shape index (κ1) is 21.0. The van der Waals surface area contributed by atoms with Gasteiger partial charge in [0.2, 0.25) is 0 Å². The number of fused-ring (bicyclic) bond motifs is 1. The molecule has 1 amide bonds. The molecule has 1 aliphatic heterocycles. The number of nitrogens with zero attached hydrogens (tertiary/aromatic N) is 3. The summed E-state index contributed by atoms with van der Waals surface area (Å²) in [6, 6.07) is 16.4. The second kappa shape index (κ2) is 8.55. The van der Waals surface area contributed by atoms with Crippen LogP contribution in [0.3, 0.4) is 0 Å². The van der Waals surface area contributed by atoms with Gasteiger partial charge in [0.05, 0.1) is 23.6 Å². The molecule has 2 aromatic carbocycles. The van der Waals surface area contributed by atoms with Crippen LogP contribution >= 0.6 is 11.3 Å². The van der Waals surface area contributed by atoms with E-state index in [1.807, 2.05) is 29.6 Å². The van der Waals surface area contributed by atoms with Gasteiger partial charge in [0.25, 0.3) is 5.91 Å². The van der Waals surface area contributed by atoms with E-state index < -0.39 is 11.9 Å². The number of carbonyl (C=O) groups is 2. The summed E-state index contributed by atoms with van der Waals surface area (Å²) in [6.07, 6.45) is 0.995. The van der Waals surface area contributed by atoms with Crippen LogP contribution in [0.15, 0.2) is 72.2 Å². The number of thiazole rings is 1. The lowest BCUT2D eigenvalue weighted by Crippen LogP contribution is -2.46. The molecule has 1 atom stereocenters. The average Bonchev–Trinajstić information content (AvgIpc) is 3.33. The molecule has 1 unspecified atom stereocenters. The monoisotopic (exact) mass is 459 g/mol. The van der Waals surface area contributed by atoms with Crippen LogP contribution < -0.4 is 9.64 Å². The fourth-order valence-electron chi connectivity index (χ4n) is 3.61. The van der Waals surface area contributed by atoms with Crippen molar-refractivity contribution in [2.24, 2.45) is 0 Å². The predicted octanol–water partition coefficient (Wildman–Crippen LogP) is 5.01. The summed E-state index contributed by atoms with van der Waals surface area (Å²) in [5.74, 6) is -0.522. The molecule has 0 fully saturated rings. The highest BCUT2D eigenvalue weighted by atomic mass is 32.1. The topological polar surface area (TPSA) is 72.4 Å². The van der Waals surface area contributed by atoms with Gasteiger partial charge in [-0.15, -0.1) is 11.3 Å². The van der Waals surface area contributed by atoms with E-state index in [2.05, 4.69) is 9.97 Å². The van der Waals surface area contributed by atoms with Crippen molar-refractivity contribution >= 4 is 28.7 Å². The maximum Gasteiger partial charge on any atom is 0.268 e. The lowest BCUT2D eigenvalue weighted by atomic mass is 10.1.